The number of carbonyl (C=O) groups excluding carboxylic acids is 3. The van der Waals surface area contributed by atoms with E-state index in [2.05, 4.69) is 56.8 Å². The number of rotatable bonds is 50. The van der Waals surface area contributed by atoms with Crippen LogP contribution in [0.25, 0.3) is 0 Å². The highest BCUT2D eigenvalue weighted by Gasteiger charge is 2.18. The number of nitrogens with zero attached hydrogens (tertiary/aromatic N) is 2. The number of carbonyl (C=O) groups is 3. The Balaban J connectivity index is 2.40. The molecule has 0 aliphatic carbocycles. The van der Waals surface area contributed by atoms with Crippen LogP contribution in [-0.4, -0.2) is 49.0 Å². The second-order valence-corrected chi connectivity index (χ2v) is 20.0. The van der Waals surface area contributed by atoms with Gasteiger partial charge in [0.2, 0.25) is 5.91 Å². The van der Waals surface area contributed by atoms with Gasteiger partial charge in [-0.15, -0.1) is 0 Å². The lowest BCUT2D eigenvalue weighted by atomic mass is 9.89. The minimum Gasteiger partial charge on any atom is -0.464 e. The lowest BCUT2D eigenvalue weighted by Crippen LogP contribution is -2.41. The predicted molar refractivity (Wildman–Crippen MR) is 280 cm³/mol. The molecule has 1 amide bonds. The smallest absolute Gasteiger partial charge is 0.305 e. The van der Waals surface area contributed by atoms with Crippen LogP contribution in [0.5, 0.6) is 0 Å². The van der Waals surface area contributed by atoms with Crippen LogP contribution in [0.15, 0.2) is 24.5 Å². The third kappa shape index (κ3) is 38.5. The minimum absolute atomic E-state index is 0.0157. The van der Waals surface area contributed by atoms with Gasteiger partial charge in [-0.2, -0.15) is 0 Å². The SMILES string of the molecule is CCCCCCCCCCCCCCCCCCC(=O)OCCN(CCOC(=O)CCCCCCCCCCCCCCCCCC)C(=O)CC[n+]1ccc(C(CCCC)CCCC)cc1. The van der Waals surface area contributed by atoms with Crippen LogP contribution in [0.3, 0.4) is 0 Å². The highest BCUT2D eigenvalue weighted by Crippen LogP contribution is 2.27. The van der Waals surface area contributed by atoms with Crippen LogP contribution in [0.1, 0.15) is 302 Å². The topological polar surface area (TPSA) is 76.8 Å². The quantitative estimate of drug-likeness (QED) is 0.0370. The third-order valence-electron chi connectivity index (χ3n) is 13.9. The average molecular weight is 927 g/mol. The van der Waals surface area contributed by atoms with Gasteiger partial charge in [0.05, 0.1) is 19.5 Å². The van der Waals surface area contributed by atoms with E-state index >= 15 is 0 Å². The Morgan fingerprint density at radius 3 is 1.05 bits per heavy atom. The van der Waals surface area contributed by atoms with Gasteiger partial charge >= 0.3 is 11.9 Å². The summed E-state index contributed by atoms with van der Waals surface area (Å²) in [4.78, 5) is 40.6. The summed E-state index contributed by atoms with van der Waals surface area (Å²) in [5.41, 5.74) is 1.39. The fraction of sp³-hybridized carbons (Fsp3) is 0.864. The van der Waals surface area contributed by atoms with Crippen LogP contribution >= 0.6 is 0 Å². The van der Waals surface area contributed by atoms with E-state index in [0.29, 0.717) is 44.8 Å². The summed E-state index contributed by atoms with van der Waals surface area (Å²) in [6.07, 6.45) is 54.4. The Labute approximate surface area is 409 Å². The second-order valence-electron chi connectivity index (χ2n) is 20.0. The Bertz CT molecular complexity index is 1160. The zero-order valence-corrected chi connectivity index (χ0v) is 44.3. The molecule has 0 aliphatic rings. The molecule has 7 nitrogen and oxygen atoms in total. The highest BCUT2D eigenvalue weighted by molar-refractivity contribution is 5.76. The molecule has 0 atom stereocenters. The molecule has 7 heteroatoms. The molecule has 0 fully saturated rings. The summed E-state index contributed by atoms with van der Waals surface area (Å²) >= 11 is 0. The first-order valence-corrected chi connectivity index (χ1v) is 29.0. The van der Waals surface area contributed by atoms with E-state index in [-0.39, 0.29) is 31.1 Å². The molecule has 0 aromatic carbocycles. The summed E-state index contributed by atoms with van der Waals surface area (Å²) in [5.74, 6) is 0.197. The molecule has 0 saturated carbocycles. The molecule has 0 saturated heterocycles. The first-order valence-electron chi connectivity index (χ1n) is 29.0. The van der Waals surface area contributed by atoms with Crippen LogP contribution in [0.2, 0.25) is 0 Å². The molecule has 1 aromatic rings. The first kappa shape index (κ1) is 61.6. The van der Waals surface area contributed by atoms with Gasteiger partial charge < -0.3 is 14.4 Å². The first-order chi connectivity index (χ1) is 32.4. The predicted octanol–water partition coefficient (Wildman–Crippen LogP) is 17.0. The Morgan fingerprint density at radius 1 is 0.424 bits per heavy atom. The fourth-order valence-electron chi connectivity index (χ4n) is 9.33. The summed E-state index contributed by atoms with van der Waals surface area (Å²) in [6.45, 7) is 10.6. The van der Waals surface area contributed by atoms with E-state index in [1.807, 2.05) is 0 Å². The number of unbranched alkanes of at least 4 members (excludes halogenated alkanes) is 32. The van der Waals surface area contributed by atoms with Crippen LogP contribution in [0, 0.1) is 0 Å². The summed E-state index contributed by atoms with van der Waals surface area (Å²) in [5, 5.41) is 0. The van der Waals surface area contributed by atoms with Crippen LogP contribution < -0.4 is 4.57 Å². The molecule has 0 N–H and O–H groups in total. The van der Waals surface area contributed by atoms with E-state index < -0.39 is 0 Å². The van der Waals surface area contributed by atoms with Gasteiger partial charge in [-0.05, 0) is 37.2 Å². The molecular weight excluding hydrogens is 817 g/mol. The number of esters is 2. The minimum atomic E-state index is -0.190. The molecule has 1 aromatic heterocycles. The largest absolute Gasteiger partial charge is 0.464 e. The van der Waals surface area contributed by atoms with E-state index in [1.54, 1.807) is 4.90 Å². The molecule has 0 unspecified atom stereocenters. The molecule has 1 rings (SSSR count). The summed E-state index contributed by atoms with van der Waals surface area (Å²) in [6, 6.07) is 4.46. The lowest BCUT2D eigenvalue weighted by Gasteiger charge is -2.22. The van der Waals surface area contributed by atoms with Gasteiger partial charge in [0.15, 0.2) is 18.9 Å². The van der Waals surface area contributed by atoms with E-state index in [1.165, 1.54) is 224 Å². The number of ether oxygens (including phenoxy) is 2. The molecule has 384 valence electrons. The molecular formula is C59H109N2O5+. The average Bonchev–Trinajstić information content (AvgIpc) is 3.32. The van der Waals surface area contributed by atoms with Crippen molar-refractivity contribution in [3.05, 3.63) is 30.1 Å². The normalized spacial score (nSPS) is 11.4. The van der Waals surface area contributed by atoms with Gasteiger partial charge in [0, 0.05) is 25.0 Å². The zero-order valence-electron chi connectivity index (χ0n) is 44.3. The highest BCUT2D eigenvalue weighted by atomic mass is 16.5. The van der Waals surface area contributed by atoms with Crippen LogP contribution in [-0.2, 0) is 30.4 Å². The van der Waals surface area contributed by atoms with Crippen molar-refractivity contribution in [3.63, 3.8) is 0 Å². The van der Waals surface area contributed by atoms with Gasteiger partial charge in [-0.1, -0.05) is 246 Å². The van der Waals surface area contributed by atoms with Crippen molar-refractivity contribution >= 4 is 17.8 Å². The van der Waals surface area contributed by atoms with Gasteiger partial charge in [-0.3, -0.25) is 14.4 Å². The number of pyridine rings is 1. The van der Waals surface area contributed by atoms with Crippen molar-refractivity contribution in [2.45, 2.75) is 303 Å². The second kappa shape index (κ2) is 47.6. The maximum atomic E-state index is 13.6. The van der Waals surface area contributed by atoms with Crippen molar-refractivity contribution in [1.29, 1.82) is 0 Å². The summed E-state index contributed by atoms with van der Waals surface area (Å²) in [7, 11) is 0. The Hall–Kier alpha value is -2.44. The van der Waals surface area contributed by atoms with Crippen molar-refractivity contribution < 1.29 is 28.4 Å². The van der Waals surface area contributed by atoms with E-state index in [0.717, 1.165) is 25.7 Å². The van der Waals surface area contributed by atoms with Crippen molar-refractivity contribution in [2.24, 2.45) is 0 Å². The van der Waals surface area contributed by atoms with Crippen molar-refractivity contribution in [2.75, 3.05) is 26.3 Å². The molecule has 0 spiro atoms. The van der Waals surface area contributed by atoms with Crippen molar-refractivity contribution in [3.8, 4) is 0 Å². The van der Waals surface area contributed by atoms with Crippen molar-refractivity contribution in [1.82, 2.24) is 4.90 Å². The molecule has 66 heavy (non-hydrogen) atoms. The van der Waals surface area contributed by atoms with E-state index in [9.17, 15) is 14.4 Å². The lowest BCUT2D eigenvalue weighted by molar-refractivity contribution is -0.696. The maximum absolute atomic E-state index is 13.6. The van der Waals surface area contributed by atoms with Gasteiger partial charge in [-0.25, -0.2) is 4.57 Å². The zero-order chi connectivity index (χ0) is 47.8. The molecule has 0 bridgehead atoms. The number of aryl methyl sites for hydroxylation is 1. The van der Waals surface area contributed by atoms with Gasteiger partial charge in [0.25, 0.3) is 0 Å². The third-order valence-corrected chi connectivity index (χ3v) is 13.9. The fourth-order valence-corrected chi connectivity index (χ4v) is 9.33. The number of aromatic nitrogens is 1. The Kier molecular flexibility index (Phi) is 44.4. The molecule has 0 aliphatic heterocycles. The van der Waals surface area contributed by atoms with Gasteiger partial charge in [0.1, 0.15) is 13.2 Å². The Morgan fingerprint density at radius 2 is 0.727 bits per heavy atom. The number of amides is 1. The number of hydrogen-bond acceptors (Lipinski definition) is 5. The monoisotopic (exact) mass is 926 g/mol. The molecule has 0 radical (unpaired) electrons. The van der Waals surface area contributed by atoms with Crippen LogP contribution in [0.4, 0.5) is 0 Å². The molecule has 1 heterocycles. The van der Waals surface area contributed by atoms with E-state index in [4.69, 9.17) is 9.47 Å². The standard InChI is InChI=1S/C59H109N2O5/c1-5-9-13-15-17-19-21-23-25-27-29-31-33-35-37-39-43-58(63)65-53-51-61(57(62)47-50-60-48-45-56(46-49-60)55(41-11-7-3)42-12-8-4)52-54-66-59(64)44-40-38-36-34-32-30-28-26-24-22-20-18-16-14-10-6-2/h45-46,48-49,55H,5-44,47,50-54H2,1-4H3/q+1. The number of hydrogen-bond donors (Lipinski definition) is 0. The summed E-state index contributed by atoms with van der Waals surface area (Å²) < 4.78 is 13.3. The maximum Gasteiger partial charge on any atom is 0.305 e.